The Morgan fingerprint density at radius 2 is 2.06 bits per heavy atom. The highest BCUT2D eigenvalue weighted by Gasteiger charge is 2.41. The lowest BCUT2D eigenvalue weighted by Crippen LogP contribution is -2.56. The molecule has 5 heterocycles. The number of nitrogens with zero attached hydrogens (tertiary/aromatic N) is 4. The Labute approximate surface area is 193 Å². The van der Waals surface area contributed by atoms with Crippen molar-refractivity contribution in [2.75, 3.05) is 38.6 Å². The highest BCUT2D eigenvalue weighted by atomic mass is 32.1. The van der Waals surface area contributed by atoms with E-state index in [0.717, 1.165) is 42.2 Å². The molecule has 0 radical (unpaired) electrons. The molecule has 1 amide bonds. The van der Waals surface area contributed by atoms with Crippen LogP contribution >= 0.6 is 11.3 Å². The standard InChI is InChI=1S/C25H31N5OS/c1-28(2)19-8-6-17(7-9-19)22-14-23(29(3)27-22)21-16-30-11-10-18(21)13-20(30)15-26-25(31)24-5-4-12-32-24/h4-9,12,14,18,20-21H,10-11,13,15-16H2,1-3H3,(H,26,31)/t18-,20+,21-/m0/s1. The molecule has 0 spiro atoms. The molecular formula is C25H31N5OS. The largest absolute Gasteiger partial charge is 0.378 e. The maximum atomic E-state index is 12.3. The van der Waals surface area contributed by atoms with E-state index >= 15 is 0 Å². The van der Waals surface area contributed by atoms with Crippen molar-refractivity contribution < 1.29 is 4.79 Å². The van der Waals surface area contributed by atoms with Gasteiger partial charge in [-0.25, -0.2) is 0 Å². The second kappa shape index (κ2) is 8.71. The summed E-state index contributed by atoms with van der Waals surface area (Å²) in [6, 6.07) is 15.1. The number of carbonyl (C=O) groups excluding carboxylic acids is 1. The van der Waals surface area contributed by atoms with Gasteiger partial charge in [-0.1, -0.05) is 18.2 Å². The van der Waals surface area contributed by atoms with Crippen LogP contribution in [-0.4, -0.2) is 60.4 Å². The highest BCUT2D eigenvalue weighted by molar-refractivity contribution is 7.12. The van der Waals surface area contributed by atoms with Crippen LogP contribution in [0.2, 0.25) is 0 Å². The summed E-state index contributed by atoms with van der Waals surface area (Å²) in [7, 11) is 6.19. The first-order chi connectivity index (χ1) is 15.5. The fraction of sp³-hybridized carbons (Fsp3) is 0.440. The summed E-state index contributed by atoms with van der Waals surface area (Å²) in [5.41, 5.74) is 4.73. The van der Waals surface area contributed by atoms with Gasteiger partial charge in [0, 0.05) is 63.1 Å². The van der Waals surface area contributed by atoms with E-state index in [2.05, 4.69) is 71.3 Å². The van der Waals surface area contributed by atoms with Crippen molar-refractivity contribution in [3.63, 3.8) is 0 Å². The molecule has 6 rings (SSSR count). The van der Waals surface area contributed by atoms with Gasteiger partial charge in [-0.15, -0.1) is 11.3 Å². The minimum atomic E-state index is 0.0516. The summed E-state index contributed by atoms with van der Waals surface area (Å²) >= 11 is 1.50. The highest BCUT2D eigenvalue weighted by Crippen LogP contribution is 2.42. The molecule has 168 valence electrons. The van der Waals surface area contributed by atoms with Gasteiger partial charge in [-0.3, -0.25) is 14.4 Å². The Bertz CT molecular complexity index is 1070. The van der Waals surface area contributed by atoms with Crippen molar-refractivity contribution in [3.05, 3.63) is 58.4 Å². The third kappa shape index (κ3) is 4.07. The Kier molecular flexibility index (Phi) is 5.78. The summed E-state index contributed by atoms with van der Waals surface area (Å²) in [4.78, 5) is 17.8. The van der Waals surface area contributed by atoms with Gasteiger partial charge < -0.3 is 10.2 Å². The zero-order chi connectivity index (χ0) is 22.2. The molecule has 2 bridgehead atoms. The number of hydrogen-bond acceptors (Lipinski definition) is 5. The van der Waals surface area contributed by atoms with Gasteiger partial charge in [-0.05, 0) is 54.9 Å². The second-order valence-corrected chi connectivity index (χ2v) is 10.2. The number of hydrogen-bond donors (Lipinski definition) is 1. The zero-order valence-electron chi connectivity index (χ0n) is 19.0. The molecule has 7 heteroatoms. The first-order valence-electron chi connectivity index (χ1n) is 11.4. The molecule has 0 aliphatic carbocycles. The molecule has 3 aromatic rings. The summed E-state index contributed by atoms with van der Waals surface area (Å²) in [5.74, 6) is 1.19. The van der Waals surface area contributed by atoms with Crippen molar-refractivity contribution in [2.45, 2.75) is 24.8 Å². The molecule has 32 heavy (non-hydrogen) atoms. The van der Waals surface area contributed by atoms with Crippen LogP contribution in [0, 0.1) is 5.92 Å². The Balaban J connectivity index is 1.26. The van der Waals surface area contributed by atoms with E-state index in [1.807, 2.05) is 17.5 Å². The predicted molar refractivity (Wildman–Crippen MR) is 130 cm³/mol. The van der Waals surface area contributed by atoms with Crippen molar-refractivity contribution in [2.24, 2.45) is 13.0 Å². The number of carbonyl (C=O) groups is 1. The lowest BCUT2D eigenvalue weighted by Gasteiger charge is -2.49. The Hall–Kier alpha value is -2.64. The average Bonchev–Trinajstić information content (AvgIpc) is 3.48. The lowest BCUT2D eigenvalue weighted by atomic mass is 9.74. The van der Waals surface area contributed by atoms with Crippen LogP contribution in [0.3, 0.4) is 0 Å². The molecule has 3 saturated heterocycles. The molecule has 1 N–H and O–H groups in total. The molecule has 1 unspecified atom stereocenters. The third-order valence-electron chi connectivity index (χ3n) is 7.10. The number of amides is 1. The number of aromatic nitrogens is 2. The van der Waals surface area contributed by atoms with Crippen molar-refractivity contribution in [1.82, 2.24) is 20.0 Å². The smallest absolute Gasteiger partial charge is 0.261 e. The number of piperidine rings is 3. The van der Waals surface area contributed by atoms with Crippen LogP contribution in [-0.2, 0) is 7.05 Å². The lowest BCUT2D eigenvalue weighted by molar-refractivity contribution is 0.0280. The summed E-state index contributed by atoms with van der Waals surface area (Å²) in [5, 5.41) is 9.95. The van der Waals surface area contributed by atoms with Crippen molar-refractivity contribution >= 4 is 22.9 Å². The molecule has 2 aromatic heterocycles. The molecule has 6 nitrogen and oxygen atoms in total. The fourth-order valence-corrected chi connectivity index (χ4v) is 5.93. The number of rotatable bonds is 6. The number of fused-ring (bicyclic) bond motifs is 3. The van der Waals surface area contributed by atoms with E-state index in [1.165, 1.54) is 29.1 Å². The number of anilines is 1. The van der Waals surface area contributed by atoms with Gasteiger partial charge in [0.2, 0.25) is 0 Å². The zero-order valence-corrected chi connectivity index (χ0v) is 19.8. The topological polar surface area (TPSA) is 53.4 Å². The van der Waals surface area contributed by atoms with E-state index in [4.69, 9.17) is 5.10 Å². The number of aryl methyl sites for hydroxylation is 1. The first-order valence-corrected chi connectivity index (χ1v) is 12.2. The van der Waals surface area contributed by atoms with Gasteiger partial charge in [0.05, 0.1) is 10.6 Å². The van der Waals surface area contributed by atoms with Crippen LogP contribution in [0.25, 0.3) is 11.3 Å². The average molecular weight is 450 g/mol. The van der Waals surface area contributed by atoms with Crippen LogP contribution in [0.1, 0.15) is 34.1 Å². The van der Waals surface area contributed by atoms with Gasteiger partial charge >= 0.3 is 0 Å². The maximum Gasteiger partial charge on any atom is 0.261 e. The van der Waals surface area contributed by atoms with Gasteiger partial charge in [0.15, 0.2) is 0 Å². The maximum absolute atomic E-state index is 12.3. The van der Waals surface area contributed by atoms with E-state index < -0.39 is 0 Å². The van der Waals surface area contributed by atoms with Crippen LogP contribution in [0.5, 0.6) is 0 Å². The summed E-state index contributed by atoms with van der Waals surface area (Å²) in [6.07, 6.45) is 2.35. The molecule has 3 aliphatic rings. The summed E-state index contributed by atoms with van der Waals surface area (Å²) in [6.45, 7) is 2.90. The number of thiophene rings is 1. The molecule has 4 atom stereocenters. The number of benzene rings is 1. The van der Waals surface area contributed by atoms with E-state index in [9.17, 15) is 4.79 Å². The minimum absolute atomic E-state index is 0.0516. The second-order valence-electron chi connectivity index (χ2n) is 9.25. The molecule has 3 aliphatic heterocycles. The van der Waals surface area contributed by atoms with Crippen LogP contribution in [0.4, 0.5) is 5.69 Å². The van der Waals surface area contributed by atoms with E-state index in [0.29, 0.717) is 17.9 Å². The van der Waals surface area contributed by atoms with Crippen molar-refractivity contribution in [1.29, 1.82) is 0 Å². The molecule has 0 saturated carbocycles. The minimum Gasteiger partial charge on any atom is -0.378 e. The Morgan fingerprint density at radius 1 is 1.25 bits per heavy atom. The first kappa shape index (κ1) is 21.2. The predicted octanol–water partition coefficient (Wildman–Crippen LogP) is 3.82. The monoisotopic (exact) mass is 449 g/mol. The van der Waals surface area contributed by atoms with Crippen LogP contribution < -0.4 is 10.2 Å². The Morgan fingerprint density at radius 3 is 2.72 bits per heavy atom. The van der Waals surface area contributed by atoms with E-state index in [1.54, 1.807) is 0 Å². The van der Waals surface area contributed by atoms with E-state index in [-0.39, 0.29) is 5.91 Å². The molecule has 3 fully saturated rings. The normalized spacial score (nSPS) is 24.5. The van der Waals surface area contributed by atoms with Gasteiger partial charge in [-0.2, -0.15) is 5.10 Å². The third-order valence-corrected chi connectivity index (χ3v) is 7.97. The van der Waals surface area contributed by atoms with Gasteiger partial charge in [0.1, 0.15) is 0 Å². The van der Waals surface area contributed by atoms with Gasteiger partial charge in [0.25, 0.3) is 5.91 Å². The fourth-order valence-electron chi connectivity index (χ4n) is 5.29. The molecular weight excluding hydrogens is 418 g/mol. The number of nitrogens with one attached hydrogen (secondary N) is 1. The SMILES string of the molecule is CN(C)c1ccc(-c2cc([C@H]3CN4CC[C@H]3C[C@@H]4CNC(=O)c3cccs3)n(C)n2)cc1. The summed E-state index contributed by atoms with van der Waals surface area (Å²) < 4.78 is 2.08. The quantitative estimate of drug-likeness (QED) is 0.622. The van der Waals surface area contributed by atoms with Crippen molar-refractivity contribution in [3.8, 4) is 11.3 Å². The molecule has 1 aromatic carbocycles. The van der Waals surface area contributed by atoms with Crippen LogP contribution in [0.15, 0.2) is 47.8 Å².